The smallest absolute Gasteiger partial charge is 0.341 e. The summed E-state index contributed by atoms with van der Waals surface area (Å²) in [7, 11) is 0. The molecule has 0 saturated carbocycles. The van der Waals surface area contributed by atoms with Crippen LogP contribution in [0.5, 0.6) is 0 Å². The zero-order valence-corrected chi connectivity index (χ0v) is 13.2. The van der Waals surface area contributed by atoms with Crippen molar-refractivity contribution in [3.05, 3.63) is 39.9 Å². The van der Waals surface area contributed by atoms with Gasteiger partial charge < -0.3 is 20.2 Å². The van der Waals surface area contributed by atoms with E-state index in [1.807, 2.05) is 0 Å². The van der Waals surface area contributed by atoms with Gasteiger partial charge in [0.25, 0.3) is 11.6 Å². The minimum atomic E-state index is -2.59. The van der Waals surface area contributed by atoms with E-state index in [0.717, 1.165) is 12.1 Å². The highest BCUT2D eigenvalue weighted by atomic mass is 16.6. The van der Waals surface area contributed by atoms with Crippen molar-refractivity contribution in [2.45, 2.75) is 25.0 Å². The normalized spacial score (nSPS) is 20.1. The SMILES string of the molecule is CC(O)C1CN(C(=O)c2ccccc2[N+](=O)[O-])C(C(=O)O)(C(=O)O)C1. The molecule has 1 heterocycles. The van der Waals surface area contributed by atoms with Gasteiger partial charge in [0.05, 0.1) is 11.0 Å². The summed E-state index contributed by atoms with van der Waals surface area (Å²) in [5.74, 6) is -5.41. The van der Waals surface area contributed by atoms with Crippen molar-refractivity contribution < 1.29 is 34.6 Å². The van der Waals surface area contributed by atoms with Crippen molar-refractivity contribution in [1.29, 1.82) is 0 Å². The number of amides is 1. The lowest BCUT2D eigenvalue weighted by molar-refractivity contribution is -0.385. The van der Waals surface area contributed by atoms with Crippen LogP contribution in [0.25, 0.3) is 0 Å². The predicted octanol–water partition coefficient (Wildman–Crippen LogP) is 0.346. The number of carboxylic acids is 2. The first-order valence-corrected chi connectivity index (χ1v) is 7.33. The van der Waals surface area contributed by atoms with E-state index in [4.69, 9.17) is 0 Å². The summed E-state index contributed by atoms with van der Waals surface area (Å²) in [6, 6.07) is 4.88. The number of carbonyl (C=O) groups is 3. The lowest BCUT2D eigenvalue weighted by Gasteiger charge is -2.30. The second kappa shape index (κ2) is 6.48. The molecule has 0 spiro atoms. The van der Waals surface area contributed by atoms with Gasteiger partial charge in [0.1, 0.15) is 5.56 Å². The van der Waals surface area contributed by atoms with Crippen LogP contribution in [-0.4, -0.2) is 61.2 Å². The van der Waals surface area contributed by atoms with Crippen molar-refractivity contribution in [1.82, 2.24) is 4.90 Å². The summed E-state index contributed by atoms with van der Waals surface area (Å²) in [6.07, 6.45) is -1.55. The number of nitrogens with zero attached hydrogens (tertiary/aromatic N) is 2. The van der Waals surface area contributed by atoms with E-state index in [1.165, 1.54) is 19.1 Å². The van der Waals surface area contributed by atoms with Gasteiger partial charge in [-0.1, -0.05) is 12.1 Å². The van der Waals surface area contributed by atoms with Gasteiger partial charge in [0.2, 0.25) is 5.54 Å². The molecule has 1 fully saturated rings. The highest BCUT2D eigenvalue weighted by Crippen LogP contribution is 2.38. The molecule has 10 nitrogen and oxygen atoms in total. The molecule has 3 N–H and O–H groups in total. The lowest BCUT2D eigenvalue weighted by atomic mass is 9.90. The number of aliphatic hydroxyl groups is 1. The largest absolute Gasteiger partial charge is 0.479 e. The number of aliphatic carboxylic acids is 2. The Morgan fingerprint density at radius 1 is 1.28 bits per heavy atom. The van der Waals surface area contributed by atoms with E-state index in [2.05, 4.69) is 0 Å². The Morgan fingerprint density at radius 3 is 2.32 bits per heavy atom. The van der Waals surface area contributed by atoms with Crippen molar-refractivity contribution in [2.75, 3.05) is 6.54 Å². The highest BCUT2D eigenvalue weighted by Gasteiger charge is 2.60. The summed E-state index contributed by atoms with van der Waals surface area (Å²) < 4.78 is 0. The number of hydrogen-bond donors (Lipinski definition) is 3. The fraction of sp³-hybridized carbons (Fsp3) is 0.400. The molecule has 1 aliphatic heterocycles. The summed E-state index contributed by atoms with van der Waals surface area (Å²) in [5, 5.41) is 39.8. The summed E-state index contributed by atoms with van der Waals surface area (Å²) in [5.41, 5.74) is -3.56. The van der Waals surface area contributed by atoms with Crippen molar-refractivity contribution in [3.8, 4) is 0 Å². The molecule has 1 saturated heterocycles. The van der Waals surface area contributed by atoms with Gasteiger partial charge in [-0.3, -0.25) is 14.9 Å². The summed E-state index contributed by atoms with van der Waals surface area (Å²) in [4.78, 5) is 47.1. The van der Waals surface area contributed by atoms with Crippen molar-refractivity contribution in [3.63, 3.8) is 0 Å². The number of nitro benzene ring substituents is 1. The predicted molar refractivity (Wildman–Crippen MR) is 81.9 cm³/mol. The maximum atomic E-state index is 12.8. The molecular formula is C15H16N2O8. The second-order valence-electron chi connectivity index (χ2n) is 5.87. The number of benzene rings is 1. The molecule has 0 bridgehead atoms. The molecule has 1 aliphatic rings. The number of hydrogen-bond acceptors (Lipinski definition) is 6. The van der Waals surface area contributed by atoms with Gasteiger partial charge >= 0.3 is 11.9 Å². The van der Waals surface area contributed by atoms with Gasteiger partial charge in [-0.15, -0.1) is 0 Å². The lowest BCUT2D eigenvalue weighted by Crippen LogP contribution is -2.58. The first-order valence-electron chi connectivity index (χ1n) is 7.33. The molecule has 0 aromatic heterocycles. The Bertz CT molecular complexity index is 731. The quantitative estimate of drug-likeness (QED) is 0.389. The number of carbonyl (C=O) groups excluding carboxylic acids is 1. The number of nitro groups is 1. The molecule has 134 valence electrons. The zero-order valence-electron chi connectivity index (χ0n) is 13.2. The van der Waals surface area contributed by atoms with Gasteiger partial charge in [0, 0.05) is 18.5 Å². The fourth-order valence-electron chi connectivity index (χ4n) is 2.98. The number of carboxylic acid groups (broad SMARTS) is 2. The third kappa shape index (κ3) is 2.91. The minimum Gasteiger partial charge on any atom is -0.479 e. The third-order valence-electron chi connectivity index (χ3n) is 4.40. The van der Waals surface area contributed by atoms with E-state index in [9.17, 15) is 39.8 Å². The maximum absolute atomic E-state index is 12.8. The van der Waals surface area contributed by atoms with Gasteiger partial charge in [-0.05, 0) is 19.4 Å². The number of rotatable bonds is 5. The number of para-hydroxylation sites is 1. The van der Waals surface area contributed by atoms with Crippen LogP contribution >= 0.6 is 0 Å². The minimum absolute atomic E-state index is 0.346. The molecule has 2 rings (SSSR count). The van der Waals surface area contributed by atoms with E-state index in [-0.39, 0.29) is 6.54 Å². The first-order chi connectivity index (χ1) is 11.6. The Morgan fingerprint density at radius 2 is 1.84 bits per heavy atom. The highest BCUT2D eigenvalue weighted by molar-refractivity contribution is 6.10. The molecule has 0 radical (unpaired) electrons. The van der Waals surface area contributed by atoms with Crippen LogP contribution in [0.15, 0.2) is 24.3 Å². The van der Waals surface area contributed by atoms with E-state index in [0.29, 0.717) is 4.90 Å². The molecule has 2 atom stereocenters. The van der Waals surface area contributed by atoms with Crippen LogP contribution in [0.4, 0.5) is 5.69 Å². The van der Waals surface area contributed by atoms with Crippen LogP contribution in [0, 0.1) is 16.0 Å². The number of likely N-dealkylation sites (tertiary alicyclic amines) is 1. The molecule has 1 amide bonds. The molecule has 10 heteroatoms. The zero-order chi connectivity index (χ0) is 18.9. The van der Waals surface area contributed by atoms with Crippen LogP contribution in [0.3, 0.4) is 0 Å². The molecule has 25 heavy (non-hydrogen) atoms. The maximum Gasteiger partial charge on any atom is 0.341 e. The molecule has 1 aromatic carbocycles. The van der Waals surface area contributed by atoms with E-state index in [1.54, 1.807) is 0 Å². The van der Waals surface area contributed by atoms with Gasteiger partial charge in [-0.2, -0.15) is 0 Å². The molecule has 2 unspecified atom stereocenters. The second-order valence-corrected chi connectivity index (χ2v) is 5.87. The van der Waals surface area contributed by atoms with Crippen LogP contribution in [0.2, 0.25) is 0 Å². The average molecular weight is 352 g/mol. The first kappa shape index (κ1) is 18.3. The van der Waals surface area contributed by atoms with Crippen LogP contribution in [-0.2, 0) is 9.59 Å². The molecular weight excluding hydrogens is 336 g/mol. The van der Waals surface area contributed by atoms with Crippen LogP contribution in [0.1, 0.15) is 23.7 Å². The van der Waals surface area contributed by atoms with Crippen molar-refractivity contribution in [2.24, 2.45) is 5.92 Å². The van der Waals surface area contributed by atoms with E-state index < -0.39 is 58.0 Å². The third-order valence-corrected chi connectivity index (χ3v) is 4.40. The van der Waals surface area contributed by atoms with E-state index >= 15 is 0 Å². The van der Waals surface area contributed by atoms with Gasteiger partial charge in [-0.25, -0.2) is 9.59 Å². The number of aliphatic hydroxyl groups excluding tert-OH is 1. The standard InChI is InChI=1S/C15H16N2O8/c1-8(18)9-6-15(13(20)21,14(22)23)16(7-9)12(19)10-4-2-3-5-11(10)17(24)25/h2-5,8-9,18H,6-7H2,1H3,(H,20,21)(H,22,23). The Balaban J connectivity index is 2.58. The fourth-order valence-corrected chi connectivity index (χ4v) is 2.98. The topological polar surface area (TPSA) is 158 Å². The Hall–Kier alpha value is -3.01. The Labute approximate surface area is 141 Å². The Kier molecular flexibility index (Phi) is 4.75. The van der Waals surface area contributed by atoms with Gasteiger partial charge in [0.15, 0.2) is 0 Å². The summed E-state index contributed by atoms with van der Waals surface area (Å²) in [6.45, 7) is 1.01. The summed E-state index contributed by atoms with van der Waals surface area (Å²) >= 11 is 0. The van der Waals surface area contributed by atoms with Crippen LogP contribution < -0.4 is 0 Å². The molecule has 0 aliphatic carbocycles. The van der Waals surface area contributed by atoms with Crippen molar-refractivity contribution >= 4 is 23.5 Å². The molecule has 1 aromatic rings. The average Bonchev–Trinajstić information content (AvgIpc) is 2.96. The monoisotopic (exact) mass is 352 g/mol.